The summed E-state index contributed by atoms with van der Waals surface area (Å²) in [5.74, 6) is -1.92. The van der Waals surface area contributed by atoms with Gasteiger partial charge in [0, 0.05) is 12.1 Å². The van der Waals surface area contributed by atoms with Crippen LogP contribution < -0.4 is 0 Å². The zero-order valence-corrected chi connectivity index (χ0v) is 16.3. The minimum absolute atomic E-state index is 0.194. The molecule has 0 radical (unpaired) electrons. The number of nitrogens with zero attached hydrogens (tertiary/aromatic N) is 4. The van der Waals surface area contributed by atoms with Gasteiger partial charge in [0.05, 0.1) is 36.9 Å². The molecule has 10 heteroatoms. The Morgan fingerprint density at radius 3 is 2.68 bits per heavy atom. The minimum atomic E-state index is -0.824. The fourth-order valence-corrected chi connectivity index (χ4v) is 3.66. The van der Waals surface area contributed by atoms with Crippen molar-refractivity contribution in [2.45, 2.75) is 19.8 Å². The van der Waals surface area contributed by atoms with Crippen molar-refractivity contribution in [1.29, 1.82) is 0 Å². The Hall–Kier alpha value is -2.43. The first kappa shape index (κ1) is 18.9. The van der Waals surface area contributed by atoms with Gasteiger partial charge in [-0.15, -0.1) is 0 Å². The number of ether oxygens (including phenoxy) is 2. The number of aromatic nitrogens is 4. The van der Waals surface area contributed by atoms with Crippen molar-refractivity contribution in [2.24, 2.45) is 0 Å². The van der Waals surface area contributed by atoms with Crippen LogP contribution in [0, 0.1) is 11.6 Å². The van der Waals surface area contributed by atoms with Gasteiger partial charge in [-0.1, -0.05) is 0 Å². The van der Waals surface area contributed by atoms with Crippen LogP contribution in [0.3, 0.4) is 0 Å². The number of aryl methyl sites for hydroxylation is 1. The fraction of sp³-hybridized carbons (Fsp3) is 0.278. The highest BCUT2D eigenvalue weighted by Crippen LogP contribution is 2.31. The molecule has 3 heterocycles. The van der Waals surface area contributed by atoms with Crippen molar-refractivity contribution in [1.82, 2.24) is 19.6 Å². The summed E-state index contributed by atoms with van der Waals surface area (Å²) in [5.41, 5.74) is 0.513. The standard InChI is InChI=1S/C18H15BrF2N4O3/c1-2-24-17(19)12(8-22-24)16(26)15-13(21)9-23-25(15)14-4-3-10(20)7-11(14)18-27-5-6-28-18/h3-4,7-9,18H,2,5-6H2,1H3. The summed E-state index contributed by atoms with van der Waals surface area (Å²) in [7, 11) is 0. The normalized spacial score (nSPS) is 14.7. The molecule has 146 valence electrons. The Morgan fingerprint density at radius 2 is 2.00 bits per heavy atom. The maximum atomic E-state index is 14.6. The lowest BCUT2D eigenvalue weighted by Gasteiger charge is -2.16. The van der Waals surface area contributed by atoms with Gasteiger partial charge in [0.25, 0.3) is 0 Å². The third-order valence-corrected chi connectivity index (χ3v) is 5.19. The van der Waals surface area contributed by atoms with Crippen molar-refractivity contribution in [3.8, 4) is 5.69 Å². The van der Waals surface area contributed by atoms with E-state index in [1.165, 1.54) is 24.4 Å². The zero-order chi connectivity index (χ0) is 19.8. The highest BCUT2D eigenvalue weighted by Gasteiger charge is 2.29. The molecule has 0 unspecified atom stereocenters. The van der Waals surface area contributed by atoms with Crippen molar-refractivity contribution >= 4 is 21.7 Å². The number of halogens is 3. The van der Waals surface area contributed by atoms with E-state index in [9.17, 15) is 13.6 Å². The molecule has 7 nitrogen and oxygen atoms in total. The molecule has 3 aromatic rings. The molecular weight excluding hydrogens is 438 g/mol. The van der Waals surface area contributed by atoms with Crippen molar-refractivity contribution in [2.75, 3.05) is 13.2 Å². The lowest BCUT2D eigenvalue weighted by atomic mass is 10.1. The summed E-state index contributed by atoms with van der Waals surface area (Å²) < 4.78 is 42.4. The Kier molecular flexibility index (Phi) is 5.09. The molecule has 0 saturated carbocycles. The Bertz CT molecular complexity index is 1040. The van der Waals surface area contributed by atoms with Gasteiger partial charge in [0.1, 0.15) is 10.4 Å². The van der Waals surface area contributed by atoms with Gasteiger partial charge in [0.15, 0.2) is 17.8 Å². The van der Waals surface area contributed by atoms with E-state index in [2.05, 4.69) is 26.1 Å². The van der Waals surface area contributed by atoms with Crippen LogP contribution in [0.5, 0.6) is 0 Å². The molecule has 1 aliphatic rings. The number of hydrogen-bond acceptors (Lipinski definition) is 5. The van der Waals surface area contributed by atoms with Crippen LogP contribution in [-0.2, 0) is 16.0 Å². The fourth-order valence-electron chi connectivity index (χ4n) is 3.03. The molecule has 0 atom stereocenters. The second kappa shape index (κ2) is 7.53. The predicted molar refractivity (Wildman–Crippen MR) is 97.2 cm³/mol. The third kappa shape index (κ3) is 3.17. The average Bonchev–Trinajstić information content (AvgIpc) is 3.41. The first-order valence-electron chi connectivity index (χ1n) is 8.53. The summed E-state index contributed by atoms with van der Waals surface area (Å²) in [4.78, 5) is 13.1. The summed E-state index contributed by atoms with van der Waals surface area (Å²) in [5, 5.41) is 8.09. The van der Waals surface area contributed by atoms with Gasteiger partial charge in [-0.2, -0.15) is 10.2 Å². The minimum Gasteiger partial charge on any atom is -0.346 e. The second-order valence-electron chi connectivity index (χ2n) is 6.02. The summed E-state index contributed by atoms with van der Waals surface area (Å²) >= 11 is 3.32. The van der Waals surface area contributed by atoms with E-state index in [0.29, 0.717) is 35.6 Å². The first-order chi connectivity index (χ1) is 13.5. The number of hydrogen-bond donors (Lipinski definition) is 0. The van der Waals surface area contributed by atoms with E-state index in [0.717, 1.165) is 10.9 Å². The number of benzene rings is 1. The van der Waals surface area contributed by atoms with E-state index in [1.54, 1.807) is 4.68 Å². The third-order valence-electron chi connectivity index (χ3n) is 4.35. The molecule has 1 aliphatic heterocycles. The Morgan fingerprint density at radius 1 is 1.25 bits per heavy atom. The smallest absolute Gasteiger partial charge is 0.218 e. The Balaban J connectivity index is 1.83. The first-order valence-corrected chi connectivity index (χ1v) is 9.33. The van der Waals surface area contributed by atoms with Crippen LogP contribution in [0.25, 0.3) is 5.69 Å². The maximum absolute atomic E-state index is 14.6. The van der Waals surface area contributed by atoms with Gasteiger partial charge in [-0.3, -0.25) is 9.48 Å². The number of carbonyl (C=O) groups excluding carboxylic acids is 1. The molecule has 1 saturated heterocycles. The number of carbonyl (C=O) groups is 1. The van der Waals surface area contributed by atoms with Crippen LogP contribution in [0.2, 0.25) is 0 Å². The van der Waals surface area contributed by atoms with Gasteiger partial charge >= 0.3 is 0 Å². The lowest BCUT2D eigenvalue weighted by molar-refractivity contribution is -0.0443. The quantitative estimate of drug-likeness (QED) is 0.554. The molecule has 0 spiro atoms. The number of ketones is 1. The average molecular weight is 453 g/mol. The molecule has 0 amide bonds. The van der Waals surface area contributed by atoms with E-state index in [-0.39, 0.29) is 11.3 Å². The van der Waals surface area contributed by atoms with E-state index < -0.39 is 23.7 Å². The van der Waals surface area contributed by atoms with Crippen LogP contribution >= 0.6 is 15.9 Å². The SMILES string of the molecule is CCn1ncc(C(=O)c2c(F)cnn2-c2ccc(F)cc2C2OCCO2)c1Br. The molecule has 0 aliphatic carbocycles. The lowest BCUT2D eigenvalue weighted by Crippen LogP contribution is -2.15. The van der Waals surface area contributed by atoms with Crippen molar-refractivity contribution in [3.05, 3.63) is 63.7 Å². The van der Waals surface area contributed by atoms with E-state index in [4.69, 9.17) is 9.47 Å². The van der Waals surface area contributed by atoms with Crippen LogP contribution in [0.15, 0.2) is 35.2 Å². The monoisotopic (exact) mass is 452 g/mol. The molecular formula is C18H15BrF2N4O3. The molecule has 28 heavy (non-hydrogen) atoms. The molecule has 0 bridgehead atoms. The molecule has 4 rings (SSSR count). The van der Waals surface area contributed by atoms with Gasteiger partial charge in [0.2, 0.25) is 5.78 Å². The maximum Gasteiger partial charge on any atom is 0.218 e. The van der Waals surface area contributed by atoms with Crippen molar-refractivity contribution < 1.29 is 23.0 Å². The van der Waals surface area contributed by atoms with Crippen LogP contribution in [0.4, 0.5) is 8.78 Å². The highest BCUT2D eigenvalue weighted by molar-refractivity contribution is 9.10. The van der Waals surface area contributed by atoms with Gasteiger partial charge in [-0.25, -0.2) is 13.5 Å². The zero-order valence-electron chi connectivity index (χ0n) is 14.7. The second-order valence-corrected chi connectivity index (χ2v) is 6.77. The predicted octanol–water partition coefficient (Wildman–Crippen LogP) is 3.41. The van der Waals surface area contributed by atoms with Gasteiger partial charge in [-0.05, 0) is 41.1 Å². The summed E-state index contributed by atoms with van der Waals surface area (Å²) in [6, 6.07) is 3.83. The van der Waals surface area contributed by atoms with E-state index in [1.807, 2.05) is 6.92 Å². The Labute approximate surface area is 167 Å². The molecule has 0 N–H and O–H groups in total. The van der Waals surface area contributed by atoms with Crippen LogP contribution in [0.1, 0.15) is 34.8 Å². The largest absolute Gasteiger partial charge is 0.346 e. The topological polar surface area (TPSA) is 71.2 Å². The molecule has 2 aromatic heterocycles. The molecule has 1 aromatic carbocycles. The molecule has 1 fully saturated rings. The van der Waals surface area contributed by atoms with Crippen LogP contribution in [-0.4, -0.2) is 38.6 Å². The van der Waals surface area contributed by atoms with Crippen molar-refractivity contribution in [3.63, 3.8) is 0 Å². The van der Waals surface area contributed by atoms with E-state index >= 15 is 0 Å². The van der Waals surface area contributed by atoms with Gasteiger partial charge < -0.3 is 9.47 Å². The summed E-state index contributed by atoms with van der Waals surface area (Å²) in [6.45, 7) is 3.10. The summed E-state index contributed by atoms with van der Waals surface area (Å²) in [6.07, 6.45) is 1.48. The number of rotatable bonds is 5. The highest BCUT2D eigenvalue weighted by atomic mass is 79.9.